The minimum atomic E-state index is -0.0930. The molecule has 0 atom stereocenters. The monoisotopic (exact) mass is 355 g/mol. The van der Waals surface area contributed by atoms with E-state index in [-0.39, 0.29) is 5.91 Å². The highest BCUT2D eigenvalue weighted by atomic mass is 32.2. The van der Waals surface area contributed by atoms with Gasteiger partial charge in [-0.1, -0.05) is 54.3 Å². The van der Waals surface area contributed by atoms with Gasteiger partial charge in [-0.3, -0.25) is 9.69 Å². The number of methoxy groups -OCH3 is 1. The number of hydrogen-bond donors (Lipinski definition) is 0. The molecule has 0 unspecified atom stereocenters. The number of para-hydroxylation sites is 1. The van der Waals surface area contributed by atoms with Gasteiger partial charge in [0, 0.05) is 5.56 Å². The highest BCUT2D eigenvalue weighted by molar-refractivity contribution is 8.27. The maximum absolute atomic E-state index is 12.9. The van der Waals surface area contributed by atoms with Crippen molar-refractivity contribution in [1.82, 2.24) is 0 Å². The van der Waals surface area contributed by atoms with Crippen LogP contribution in [-0.2, 0) is 4.79 Å². The average Bonchev–Trinajstić information content (AvgIpc) is 2.85. The Bertz CT molecular complexity index is 858. The molecule has 1 aliphatic heterocycles. The summed E-state index contributed by atoms with van der Waals surface area (Å²) in [6.45, 7) is 4.04. The Balaban J connectivity index is 2.00. The van der Waals surface area contributed by atoms with Crippen molar-refractivity contribution in [3.8, 4) is 5.75 Å². The molecule has 2 aromatic rings. The molecule has 0 bridgehead atoms. The lowest BCUT2D eigenvalue weighted by Gasteiger charge is -2.18. The standard InChI is InChI=1S/C19H17NO2S2/c1-12-7-6-9-15(13(12)2)20-18(21)17(24-19(20)23)11-14-8-4-5-10-16(14)22-3/h4-11H,1-3H3/b17-11-. The summed E-state index contributed by atoms with van der Waals surface area (Å²) in [7, 11) is 1.62. The van der Waals surface area contributed by atoms with Crippen LogP contribution in [0.15, 0.2) is 47.4 Å². The predicted molar refractivity (Wildman–Crippen MR) is 105 cm³/mol. The van der Waals surface area contributed by atoms with Gasteiger partial charge in [-0.25, -0.2) is 0 Å². The molecule has 24 heavy (non-hydrogen) atoms. The Kier molecular flexibility index (Phi) is 4.73. The lowest BCUT2D eigenvalue weighted by atomic mass is 10.1. The second kappa shape index (κ2) is 6.79. The Morgan fingerprint density at radius 1 is 1.12 bits per heavy atom. The van der Waals surface area contributed by atoms with E-state index in [1.165, 1.54) is 11.8 Å². The van der Waals surface area contributed by atoms with E-state index < -0.39 is 0 Å². The van der Waals surface area contributed by atoms with E-state index in [0.717, 1.165) is 28.1 Å². The topological polar surface area (TPSA) is 29.5 Å². The number of hydrogen-bond acceptors (Lipinski definition) is 4. The first-order valence-electron chi connectivity index (χ1n) is 7.50. The van der Waals surface area contributed by atoms with Crippen LogP contribution in [0.25, 0.3) is 6.08 Å². The molecule has 0 saturated carbocycles. The van der Waals surface area contributed by atoms with Gasteiger partial charge in [0.1, 0.15) is 5.75 Å². The maximum atomic E-state index is 12.9. The average molecular weight is 355 g/mol. The minimum absolute atomic E-state index is 0.0930. The fourth-order valence-corrected chi connectivity index (χ4v) is 3.86. The van der Waals surface area contributed by atoms with Crippen molar-refractivity contribution in [3.05, 3.63) is 64.1 Å². The van der Waals surface area contributed by atoms with E-state index in [1.54, 1.807) is 12.0 Å². The number of aryl methyl sites for hydroxylation is 1. The Morgan fingerprint density at radius 2 is 1.88 bits per heavy atom. The molecule has 0 aliphatic carbocycles. The van der Waals surface area contributed by atoms with Crippen LogP contribution >= 0.6 is 24.0 Å². The summed E-state index contributed by atoms with van der Waals surface area (Å²) in [5.74, 6) is 0.638. The summed E-state index contributed by atoms with van der Waals surface area (Å²) in [5.41, 5.74) is 3.91. The van der Waals surface area contributed by atoms with Crippen molar-refractivity contribution in [2.45, 2.75) is 13.8 Å². The number of nitrogens with zero attached hydrogens (tertiary/aromatic N) is 1. The fraction of sp³-hybridized carbons (Fsp3) is 0.158. The molecule has 0 aromatic heterocycles. The zero-order valence-corrected chi connectivity index (χ0v) is 15.3. The minimum Gasteiger partial charge on any atom is -0.496 e. The predicted octanol–water partition coefficient (Wildman–Crippen LogP) is 4.72. The van der Waals surface area contributed by atoms with Crippen LogP contribution < -0.4 is 9.64 Å². The Hall–Kier alpha value is -2.11. The lowest BCUT2D eigenvalue weighted by Crippen LogP contribution is -2.28. The molecule has 1 aliphatic rings. The summed E-state index contributed by atoms with van der Waals surface area (Å²) in [5, 5.41) is 0. The van der Waals surface area contributed by atoms with E-state index in [2.05, 4.69) is 0 Å². The Labute approximate surface area is 151 Å². The van der Waals surface area contributed by atoms with Gasteiger partial charge in [-0.2, -0.15) is 0 Å². The largest absolute Gasteiger partial charge is 0.496 e. The van der Waals surface area contributed by atoms with E-state index in [0.29, 0.717) is 9.23 Å². The van der Waals surface area contributed by atoms with E-state index >= 15 is 0 Å². The molecule has 3 rings (SSSR count). The second-order valence-electron chi connectivity index (χ2n) is 5.48. The van der Waals surface area contributed by atoms with Gasteiger partial charge in [0.15, 0.2) is 4.32 Å². The molecule has 0 spiro atoms. The van der Waals surface area contributed by atoms with Crippen molar-refractivity contribution in [3.63, 3.8) is 0 Å². The van der Waals surface area contributed by atoms with Crippen molar-refractivity contribution in [2.75, 3.05) is 12.0 Å². The van der Waals surface area contributed by atoms with Gasteiger partial charge in [-0.15, -0.1) is 0 Å². The van der Waals surface area contributed by atoms with Crippen LogP contribution in [0.2, 0.25) is 0 Å². The number of carbonyl (C=O) groups excluding carboxylic acids is 1. The normalized spacial score (nSPS) is 16.1. The third-order valence-corrected chi connectivity index (χ3v) is 5.34. The number of carbonyl (C=O) groups is 1. The van der Waals surface area contributed by atoms with Gasteiger partial charge in [0.05, 0.1) is 17.7 Å². The van der Waals surface area contributed by atoms with Crippen LogP contribution in [0.4, 0.5) is 5.69 Å². The first kappa shape index (κ1) is 16.7. The van der Waals surface area contributed by atoms with Gasteiger partial charge >= 0.3 is 0 Å². The van der Waals surface area contributed by atoms with Gasteiger partial charge in [-0.05, 0) is 43.2 Å². The lowest BCUT2D eigenvalue weighted by molar-refractivity contribution is -0.113. The number of thiocarbonyl (C=S) groups is 1. The maximum Gasteiger partial charge on any atom is 0.270 e. The van der Waals surface area contributed by atoms with Crippen LogP contribution in [0, 0.1) is 13.8 Å². The smallest absolute Gasteiger partial charge is 0.270 e. The molecule has 0 N–H and O–H groups in total. The molecule has 1 saturated heterocycles. The third-order valence-electron chi connectivity index (χ3n) is 4.04. The van der Waals surface area contributed by atoms with E-state index in [4.69, 9.17) is 17.0 Å². The number of amides is 1. The number of anilines is 1. The van der Waals surface area contributed by atoms with Crippen molar-refractivity contribution < 1.29 is 9.53 Å². The summed E-state index contributed by atoms with van der Waals surface area (Å²) in [4.78, 5) is 15.1. The summed E-state index contributed by atoms with van der Waals surface area (Å²) >= 11 is 6.77. The molecule has 5 heteroatoms. The van der Waals surface area contributed by atoms with E-state index in [9.17, 15) is 4.79 Å². The zero-order valence-electron chi connectivity index (χ0n) is 13.7. The highest BCUT2D eigenvalue weighted by Gasteiger charge is 2.34. The van der Waals surface area contributed by atoms with Gasteiger partial charge in [0.2, 0.25) is 0 Å². The number of benzene rings is 2. The SMILES string of the molecule is COc1ccccc1/C=C1\SC(=S)N(c2cccc(C)c2C)C1=O. The first-order valence-corrected chi connectivity index (χ1v) is 8.72. The van der Waals surface area contributed by atoms with Crippen molar-refractivity contribution in [1.29, 1.82) is 0 Å². The van der Waals surface area contributed by atoms with E-state index in [1.807, 2.05) is 62.4 Å². The molecule has 122 valence electrons. The Morgan fingerprint density at radius 3 is 2.62 bits per heavy atom. The quantitative estimate of drug-likeness (QED) is 0.589. The molecular weight excluding hydrogens is 338 g/mol. The molecule has 1 fully saturated rings. The number of ether oxygens (including phenoxy) is 1. The third kappa shape index (κ3) is 2.97. The molecule has 3 nitrogen and oxygen atoms in total. The van der Waals surface area contributed by atoms with Crippen LogP contribution in [-0.4, -0.2) is 17.3 Å². The molecular formula is C19H17NO2S2. The number of rotatable bonds is 3. The van der Waals surface area contributed by atoms with Crippen LogP contribution in [0.1, 0.15) is 16.7 Å². The summed E-state index contributed by atoms with van der Waals surface area (Å²) in [6, 6.07) is 13.5. The van der Waals surface area contributed by atoms with Crippen molar-refractivity contribution in [2.24, 2.45) is 0 Å². The first-order chi connectivity index (χ1) is 11.5. The number of thioether (sulfide) groups is 1. The van der Waals surface area contributed by atoms with Crippen LogP contribution in [0.3, 0.4) is 0 Å². The summed E-state index contributed by atoms with van der Waals surface area (Å²) in [6.07, 6.45) is 1.84. The van der Waals surface area contributed by atoms with Crippen molar-refractivity contribution >= 4 is 46.0 Å². The molecule has 2 aromatic carbocycles. The zero-order chi connectivity index (χ0) is 17.3. The highest BCUT2D eigenvalue weighted by Crippen LogP contribution is 2.38. The molecule has 1 heterocycles. The van der Waals surface area contributed by atoms with Crippen LogP contribution in [0.5, 0.6) is 5.75 Å². The van der Waals surface area contributed by atoms with Gasteiger partial charge < -0.3 is 4.74 Å². The second-order valence-corrected chi connectivity index (χ2v) is 7.15. The molecule has 0 radical (unpaired) electrons. The fourth-order valence-electron chi connectivity index (χ4n) is 2.58. The van der Waals surface area contributed by atoms with Gasteiger partial charge in [0.25, 0.3) is 5.91 Å². The molecule has 1 amide bonds. The summed E-state index contributed by atoms with van der Waals surface area (Å²) < 4.78 is 5.90.